The summed E-state index contributed by atoms with van der Waals surface area (Å²) < 4.78 is 1.50. The lowest BCUT2D eigenvalue weighted by Crippen LogP contribution is -2.36. The molecule has 0 radical (unpaired) electrons. The minimum absolute atomic E-state index is 0.0563. The van der Waals surface area contributed by atoms with Crippen molar-refractivity contribution in [3.8, 4) is 11.4 Å². The average Bonchev–Trinajstić information content (AvgIpc) is 3.09. The van der Waals surface area contributed by atoms with Gasteiger partial charge >= 0.3 is 0 Å². The fourth-order valence-electron chi connectivity index (χ4n) is 2.27. The van der Waals surface area contributed by atoms with Gasteiger partial charge in [-0.1, -0.05) is 18.2 Å². The summed E-state index contributed by atoms with van der Waals surface area (Å²) in [5.41, 5.74) is 0.852. The number of rotatable bonds is 3. The van der Waals surface area contributed by atoms with Crippen LogP contribution < -0.4 is 10.6 Å². The summed E-state index contributed by atoms with van der Waals surface area (Å²) in [6, 6.07) is 9.46. The highest BCUT2D eigenvalue weighted by Crippen LogP contribution is 2.18. The van der Waals surface area contributed by atoms with Gasteiger partial charge in [0.05, 0.1) is 11.9 Å². The highest BCUT2D eigenvalue weighted by molar-refractivity contribution is 5.95. The van der Waals surface area contributed by atoms with Gasteiger partial charge in [0.1, 0.15) is 0 Å². The zero-order valence-corrected chi connectivity index (χ0v) is 10.9. The minimum Gasteiger partial charge on any atom is -0.504 e. The molecule has 1 aliphatic heterocycles. The minimum atomic E-state index is -0.342. The summed E-state index contributed by atoms with van der Waals surface area (Å²) in [7, 11) is 0. The molecular formula is C14H16N4O2. The lowest BCUT2D eigenvalue weighted by molar-refractivity contribution is 0.0932. The van der Waals surface area contributed by atoms with Crippen LogP contribution in [0.2, 0.25) is 0 Å². The van der Waals surface area contributed by atoms with Crippen LogP contribution in [0, 0.1) is 0 Å². The van der Waals surface area contributed by atoms with Gasteiger partial charge < -0.3 is 15.7 Å². The summed E-state index contributed by atoms with van der Waals surface area (Å²) in [6.07, 6.45) is 2.34. The Labute approximate surface area is 116 Å². The first kappa shape index (κ1) is 12.7. The predicted octanol–water partition coefficient (Wildman–Crippen LogP) is 0.670. The number of para-hydroxylation sites is 1. The van der Waals surface area contributed by atoms with Crippen molar-refractivity contribution in [3.05, 3.63) is 42.2 Å². The molecule has 1 aromatic carbocycles. The first-order valence-corrected chi connectivity index (χ1v) is 6.59. The normalized spacial score (nSPS) is 18.1. The van der Waals surface area contributed by atoms with E-state index in [-0.39, 0.29) is 23.4 Å². The van der Waals surface area contributed by atoms with E-state index in [4.69, 9.17) is 0 Å². The number of hydrogen-bond acceptors (Lipinski definition) is 4. The molecule has 1 amide bonds. The lowest BCUT2D eigenvalue weighted by Gasteiger charge is -2.09. The van der Waals surface area contributed by atoms with Gasteiger partial charge in [0.15, 0.2) is 11.4 Å². The van der Waals surface area contributed by atoms with Crippen molar-refractivity contribution in [1.82, 2.24) is 20.4 Å². The van der Waals surface area contributed by atoms with Crippen LogP contribution >= 0.6 is 0 Å². The maximum absolute atomic E-state index is 12.1. The zero-order valence-electron chi connectivity index (χ0n) is 10.9. The first-order valence-electron chi connectivity index (χ1n) is 6.59. The Bertz CT molecular complexity index is 603. The second kappa shape index (κ2) is 5.34. The number of aromatic nitrogens is 2. The van der Waals surface area contributed by atoms with Gasteiger partial charge in [-0.2, -0.15) is 5.10 Å². The Morgan fingerprint density at radius 1 is 1.40 bits per heavy atom. The summed E-state index contributed by atoms with van der Waals surface area (Å²) >= 11 is 0. The van der Waals surface area contributed by atoms with Crippen LogP contribution in [-0.2, 0) is 0 Å². The summed E-state index contributed by atoms with van der Waals surface area (Å²) in [4.78, 5) is 12.1. The van der Waals surface area contributed by atoms with Gasteiger partial charge in [0, 0.05) is 12.6 Å². The number of carbonyl (C=O) groups excluding carboxylic acids is 1. The molecule has 1 atom stereocenters. The van der Waals surface area contributed by atoms with Crippen LogP contribution in [0.3, 0.4) is 0 Å². The molecule has 2 aromatic rings. The van der Waals surface area contributed by atoms with Crippen molar-refractivity contribution in [3.63, 3.8) is 0 Å². The molecule has 0 saturated carbocycles. The zero-order chi connectivity index (χ0) is 13.9. The first-order chi connectivity index (χ1) is 9.74. The molecule has 1 fully saturated rings. The topological polar surface area (TPSA) is 79.2 Å². The van der Waals surface area contributed by atoms with Crippen LogP contribution in [-0.4, -0.2) is 39.9 Å². The molecule has 1 saturated heterocycles. The Morgan fingerprint density at radius 2 is 2.20 bits per heavy atom. The summed E-state index contributed by atoms with van der Waals surface area (Å²) in [5.74, 6) is -0.455. The van der Waals surface area contributed by atoms with E-state index in [0.29, 0.717) is 0 Å². The standard InChI is InChI=1S/C14H16N4O2/c19-12-9-18(11-4-2-1-3-5-11)17-13(12)14(20)16-10-6-7-15-8-10/h1-5,9-10,15,19H,6-8H2,(H,16,20). The molecular weight excluding hydrogens is 256 g/mol. The van der Waals surface area contributed by atoms with E-state index < -0.39 is 0 Å². The molecule has 0 spiro atoms. The monoisotopic (exact) mass is 272 g/mol. The van der Waals surface area contributed by atoms with E-state index in [1.807, 2.05) is 30.3 Å². The fourth-order valence-corrected chi connectivity index (χ4v) is 2.27. The largest absolute Gasteiger partial charge is 0.504 e. The molecule has 3 rings (SSSR count). The SMILES string of the molecule is O=C(NC1CCNC1)c1nn(-c2ccccc2)cc1O. The van der Waals surface area contributed by atoms with Gasteiger partial charge in [0.25, 0.3) is 5.91 Å². The number of aromatic hydroxyl groups is 1. The van der Waals surface area contributed by atoms with E-state index in [9.17, 15) is 9.90 Å². The Morgan fingerprint density at radius 3 is 2.90 bits per heavy atom. The van der Waals surface area contributed by atoms with Crippen LogP contribution in [0.25, 0.3) is 5.69 Å². The maximum atomic E-state index is 12.1. The summed E-state index contributed by atoms with van der Waals surface area (Å²) in [6.45, 7) is 1.65. The van der Waals surface area contributed by atoms with Crippen molar-refractivity contribution >= 4 is 5.91 Å². The van der Waals surface area contributed by atoms with E-state index in [1.54, 1.807) is 0 Å². The van der Waals surface area contributed by atoms with Crippen molar-refractivity contribution in [2.75, 3.05) is 13.1 Å². The van der Waals surface area contributed by atoms with Crippen LogP contribution in [0.15, 0.2) is 36.5 Å². The van der Waals surface area contributed by atoms with Gasteiger partial charge in [-0.05, 0) is 25.1 Å². The van der Waals surface area contributed by atoms with Crippen molar-refractivity contribution in [2.45, 2.75) is 12.5 Å². The smallest absolute Gasteiger partial charge is 0.275 e. The number of benzene rings is 1. The highest BCUT2D eigenvalue weighted by atomic mass is 16.3. The summed E-state index contributed by atoms with van der Waals surface area (Å²) in [5, 5.41) is 20.1. The second-order valence-corrected chi connectivity index (χ2v) is 4.81. The third-order valence-corrected chi connectivity index (χ3v) is 3.33. The third-order valence-electron chi connectivity index (χ3n) is 3.33. The van der Waals surface area contributed by atoms with Crippen molar-refractivity contribution in [2.24, 2.45) is 0 Å². The van der Waals surface area contributed by atoms with Crippen molar-refractivity contribution < 1.29 is 9.90 Å². The predicted molar refractivity (Wildman–Crippen MR) is 74.0 cm³/mol. The number of carbonyl (C=O) groups is 1. The molecule has 1 aromatic heterocycles. The Kier molecular flexibility index (Phi) is 3.39. The second-order valence-electron chi connectivity index (χ2n) is 4.81. The van der Waals surface area contributed by atoms with Gasteiger partial charge in [-0.3, -0.25) is 4.79 Å². The maximum Gasteiger partial charge on any atom is 0.275 e. The molecule has 1 aliphatic rings. The van der Waals surface area contributed by atoms with E-state index in [0.717, 1.165) is 25.2 Å². The molecule has 6 heteroatoms. The molecule has 1 unspecified atom stereocenters. The van der Waals surface area contributed by atoms with E-state index in [1.165, 1.54) is 10.9 Å². The fraction of sp³-hybridized carbons (Fsp3) is 0.286. The molecule has 3 N–H and O–H groups in total. The Hall–Kier alpha value is -2.34. The molecule has 0 aliphatic carbocycles. The number of nitrogens with zero attached hydrogens (tertiary/aromatic N) is 2. The Balaban J connectivity index is 1.80. The van der Waals surface area contributed by atoms with Crippen LogP contribution in [0.5, 0.6) is 5.75 Å². The van der Waals surface area contributed by atoms with E-state index in [2.05, 4.69) is 15.7 Å². The number of nitrogens with one attached hydrogen (secondary N) is 2. The van der Waals surface area contributed by atoms with Crippen molar-refractivity contribution in [1.29, 1.82) is 0 Å². The number of hydrogen-bond donors (Lipinski definition) is 3. The average molecular weight is 272 g/mol. The molecule has 6 nitrogen and oxygen atoms in total. The number of amides is 1. The van der Waals surface area contributed by atoms with E-state index >= 15 is 0 Å². The quantitative estimate of drug-likeness (QED) is 0.767. The van der Waals surface area contributed by atoms with Gasteiger partial charge in [-0.15, -0.1) is 0 Å². The van der Waals surface area contributed by atoms with Gasteiger partial charge in [-0.25, -0.2) is 4.68 Å². The van der Waals surface area contributed by atoms with Gasteiger partial charge in [0.2, 0.25) is 0 Å². The third kappa shape index (κ3) is 2.50. The van der Waals surface area contributed by atoms with Crippen LogP contribution in [0.1, 0.15) is 16.9 Å². The molecule has 20 heavy (non-hydrogen) atoms. The molecule has 104 valence electrons. The van der Waals surface area contributed by atoms with Crippen LogP contribution in [0.4, 0.5) is 0 Å². The lowest BCUT2D eigenvalue weighted by atomic mass is 10.2. The molecule has 0 bridgehead atoms. The molecule has 2 heterocycles. The highest BCUT2D eigenvalue weighted by Gasteiger charge is 2.22.